The second-order valence-electron chi connectivity index (χ2n) is 1.75. The number of hydrogen-bond acceptors (Lipinski definition) is 1. The molecule has 0 aromatic heterocycles. The predicted molar refractivity (Wildman–Crippen MR) is 53.5 cm³/mol. The summed E-state index contributed by atoms with van der Waals surface area (Å²) in [5.74, 6) is 0. The van der Waals surface area contributed by atoms with Crippen LogP contribution in [0.1, 0.15) is 5.56 Å². The molecule has 0 aliphatic rings. The lowest BCUT2D eigenvalue weighted by Gasteiger charge is -1.90. The molecule has 2 N–H and O–H groups in total. The third-order valence-electron chi connectivity index (χ3n) is 1.08. The van der Waals surface area contributed by atoms with E-state index in [2.05, 4.69) is 5.73 Å². The number of rotatable bonds is 0. The summed E-state index contributed by atoms with van der Waals surface area (Å²) >= 11 is 5.71. The van der Waals surface area contributed by atoms with Crippen molar-refractivity contribution in [3.8, 4) is 0 Å². The zero-order chi connectivity index (χ0) is 7.98. The van der Waals surface area contributed by atoms with Crippen molar-refractivity contribution in [2.45, 2.75) is 6.92 Å². The lowest BCUT2D eigenvalue weighted by Crippen LogP contribution is -1.69. The summed E-state index contributed by atoms with van der Waals surface area (Å²) in [6.07, 6.45) is 0. The van der Waals surface area contributed by atoms with E-state index in [-0.39, 0.29) is 12.4 Å². The summed E-state index contributed by atoms with van der Waals surface area (Å²) in [6.45, 7) is 1.99. The summed E-state index contributed by atoms with van der Waals surface area (Å²) < 4.78 is 0. The van der Waals surface area contributed by atoms with Crippen molar-refractivity contribution in [3.63, 3.8) is 0 Å². The first-order valence-corrected chi connectivity index (χ1v) is 3.47. The van der Waals surface area contributed by atoms with Crippen molar-refractivity contribution < 1.29 is 0 Å². The van der Waals surface area contributed by atoms with Gasteiger partial charge in [0, 0.05) is 5.02 Å². The fourth-order valence-electron chi connectivity index (χ4n) is 0.551. The van der Waals surface area contributed by atoms with Crippen LogP contribution in [0.4, 0.5) is 0 Å². The molecule has 0 amide bonds. The van der Waals surface area contributed by atoms with E-state index in [9.17, 15) is 0 Å². The molecular formula is C8H13Cl2N. The number of benzene rings is 1. The van der Waals surface area contributed by atoms with Crippen LogP contribution in [-0.2, 0) is 0 Å². The predicted octanol–water partition coefficient (Wildman–Crippen LogP) is 2.65. The van der Waals surface area contributed by atoms with Gasteiger partial charge in [-0.3, -0.25) is 0 Å². The number of hydrogen-bond donors (Lipinski definition) is 1. The normalized spacial score (nSPS) is 7.27. The third-order valence-corrected chi connectivity index (χ3v) is 1.50. The highest BCUT2D eigenvalue weighted by atomic mass is 35.5. The van der Waals surface area contributed by atoms with Crippen molar-refractivity contribution in [2.75, 3.05) is 7.05 Å². The van der Waals surface area contributed by atoms with Gasteiger partial charge in [0.2, 0.25) is 0 Å². The molecule has 0 aliphatic carbocycles. The van der Waals surface area contributed by atoms with E-state index >= 15 is 0 Å². The Morgan fingerprint density at radius 3 is 1.91 bits per heavy atom. The second kappa shape index (κ2) is 7.86. The Morgan fingerprint density at radius 1 is 1.18 bits per heavy atom. The van der Waals surface area contributed by atoms with E-state index < -0.39 is 0 Å². The van der Waals surface area contributed by atoms with Gasteiger partial charge in [-0.1, -0.05) is 29.8 Å². The first-order chi connectivity index (χ1) is 4.80. The minimum atomic E-state index is 0. The average Bonchev–Trinajstić information content (AvgIpc) is 2.00. The molecule has 0 atom stereocenters. The Hall–Kier alpha value is -0.240. The number of halogens is 2. The van der Waals surface area contributed by atoms with Crippen LogP contribution in [0, 0.1) is 6.92 Å². The molecule has 0 radical (unpaired) electrons. The monoisotopic (exact) mass is 193 g/mol. The highest BCUT2D eigenvalue weighted by molar-refractivity contribution is 6.31. The molecule has 1 rings (SSSR count). The Balaban J connectivity index is 0. The molecule has 64 valence electrons. The van der Waals surface area contributed by atoms with Gasteiger partial charge in [0.1, 0.15) is 0 Å². The van der Waals surface area contributed by atoms with Gasteiger partial charge in [-0.2, -0.15) is 0 Å². The van der Waals surface area contributed by atoms with Crippen LogP contribution in [-0.4, -0.2) is 7.05 Å². The minimum absolute atomic E-state index is 0. The van der Waals surface area contributed by atoms with Crippen molar-refractivity contribution in [3.05, 3.63) is 34.9 Å². The van der Waals surface area contributed by atoms with Crippen molar-refractivity contribution >= 4 is 24.0 Å². The van der Waals surface area contributed by atoms with Crippen LogP contribution >= 0.6 is 24.0 Å². The summed E-state index contributed by atoms with van der Waals surface area (Å²) in [5, 5.41) is 0.840. The fourth-order valence-corrected chi connectivity index (χ4v) is 0.687. The maximum Gasteiger partial charge on any atom is 0.0435 e. The van der Waals surface area contributed by atoms with Crippen LogP contribution < -0.4 is 5.73 Å². The SMILES string of the molecule is CN.Cc1ccccc1Cl.Cl. The largest absolute Gasteiger partial charge is 0.333 e. The summed E-state index contributed by atoms with van der Waals surface area (Å²) in [5.41, 5.74) is 5.63. The zero-order valence-corrected chi connectivity index (χ0v) is 8.25. The van der Waals surface area contributed by atoms with Gasteiger partial charge >= 0.3 is 0 Å². The smallest absolute Gasteiger partial charge is 0.0435 e. The molecule has 0 saturated heterocycles. The van der Waals surface area contributed by atoms with Gasteiger partial charge in [-0.15, -0.1) is 12.4 Å². The van der Waals surface area contributed by atoms with Crippen molar-refractivity contribution in [1.29, 1.82) is 0 Å². The Bertz CT molecular complexity index is 168. The van der Waals surface area contributed by atoms with Gasteiger partial charge in [-0.05, 0) is 25.6 Å². The van der Waals surface area contributed by atoms with Crippen LogP contribution in [0.3, 0.4) is 0 Å². The number of nitrogens with two attached hydrogens (primary N) is 1. The van der Waals surface area contributed by atoms with E-state index in [0.717, 1.165) is 10.6 Å². The van der Waals surface area contributed by atoms with Crippen molar-refractivity contribution in [2.24, 2.45) is 5.73 Å². The fraction of sp³-hybridized carbons (Fsp3) is 0.250. The molecule has 0 aliphatic heterocycles. The van der Waals surface area contributed by atoms with E-state index in [4.69, 9.17) is 11.6 Å². The van der Waals surface area contributed by atoms with Gasteiger partial charge in [0.15, 0.2) is 0 Å². The highest BCUT2D eigenvalue weighted by Crippen LogP contribution is 2.11. The lowest BCUT2D eigenvalue weighted by atomic mass is 10.2. The summed E-state index contributed by atoms with van der Waals surface area (Å²) in [7, 11) is 1.50. The maximum absolute atomic E-state index is 5.71. The molecule has 0 spiro atoms. The lowest BCUT2D eigenvalue weighted by molar-refractivity contribution is 1.47. The van der Waals surface area contributed by atoms with E-state index in [0.29, 0.717) is 0 Å². The molecule has 0 saturated carbocycles. The van der Waals surface area contributed by atoms with Gasteiger partial charge in [0.25, 0.3) is 0 Å². The van der Waals surface area contributed by atoms with Gasteiger partial charge in [-0.25, -0.2) is 0 Å². The molecule has 1 aromatic carbocycles. The summed E-state index contributed by atoms with van der Waals surface area (Å²) in [6, 6.07) is 7.77. The van der Waals surface area contributed by atoms with Gasteiger partial charge < -0.3 is 5.73 Å². The molecular weight excluding hydrogens is 181 g/mol. The molecule has 1 nitrogen and oxygen atoms in total. The standard InChI is InChI=1S/C7H7Cl.CH5N.ClH/c1-6-4-2-3-5-7(6)8;1-2;/h2-5H,1H3;2H2,1H3;1H. The zero-order valence-electron chi connectivity index (χ0n) is 6.67. The van der Waals surface area contributed by atoms with Crippen LogP contribution in [0.5, 0.6) is 0 Å². The van der Waals surface area contributed by atoms with Crippen LogP contribution in [0.25, 0.3) is 0 Å². The minimum Gasteiger partial charge on any atom is -0.333 e. The van der Waals surface area contributed by atoms with E-state index in [1.54, 1.807) is 0 Å². The topological polar surface area (TPSA) is 26.0 Å². The van der Waals surface area contributed by atoms with E-state index in [1.807, 2.05) is 31.2 Å². The Morgan fingerprint density at radius 2 is 1.64 bits per heavy atom. The Labute approximate surface area is 79.0 Å². The molecule has 0 bridgehead atoms. The molecule has 11 heavy (non-hydrogen) atoms. The molecule has 1 aromatic rings. The summed E-state index contributed by atoms with van der Waals surface area (Å²) in [4.78, 5) is 0. The van der Waals surface area contributed by atoms with Crippen molar-refractivity contribution in [1.82, 2.24) is 0 Å². The van der Waals surface area contributed by atoms with Crippen LogP contribution in [0.2, 0.25) is 5.02 Å². The second-order valence-corrected chi connectivity index (χ2v) is 2.16. The number of aryl methyl sites for hydroxylation is 1. The van der Waals surface area contributed by atoms with Crippen LogP contribution in [0.15, 0.2) is 24.3 Å². The van der Waals surface area contributed by atoms with Gasteiger partial charge in [0.05, 0.1) is 0 Å². The first kappa shape index (κ1) is 13.4. The third kappa shape index (κ3) is 5.08. The highest BCUT2D eigenvalue weighted by Gasteiger charge is 1.86. The molecule has 0 unspecified atom stereocenters. The molecule has 0 heterocycles. The Kier molecular flexibility index (Phi) is 9.55. The van der Waals surface area contributed by atoms with E-state index in [1.165, 1.54) is 7.05 Å². The molecule has 0 fully saturated rings. The quantitative estimate of drug-likeness (QED) is 0.674. The first-order valence-electron chi connectivity index (χ1n) is 3.09. The maximum atomic E-state index is 5.71. The average molecular weight is 194 g/mol. The molecule has 3 heteroatoms.